The van der Waals surface area contributed by atoms with Crippen LogP contribution in [0.25, 0.3) is 0 Å². The van der Waals surface area contributed by atoms with Crippen LogP contribution in [0.4, 0.5) is 9.80 Å². The summed E-state index contributed by atoms with van der Waals surface area (Å²) in [7, 11) is 0. The van der Waals surface area contributed by atoms with Gasteiger partial charge in [0.1, 0.15) is 5.00 Å². The number of aliphatic hydroxyl groups is 1. The van der Waals surface area contributed by atoms with Crippen molar-refractivity contribution in [2.45, 2.75) is 33.7 Å². The molecule has 1 unspecified atom stereocenters. The average Bonchev–Trinajstić information content (AvgIpc) is 2.61. The molecular formula is C13H20N2O4S. The lowest BCUT2D eigenvalue weighted by Crippen LogP contribution is -2.43. The molecule has 0 bridgehead atoms. The molecule has 0 aliphatic heterocycles. The third-order valence-electron chi connectivity index (χ3n) is 3.14. The van der Waals surface area contributed by atoms with Gasteiger partial charge in [-0.15, -0.1) is 11.3 Å². The van der Waals surface area contributed by atoms with Crippen molar-refractivity contribution >= 4 is 28.3 Å². The lowest BCUT2D eigenvalue weighted by Gasteiger charge is -2.19. The average molecular weight is 300 g/mol. The van der Waals surface area contributed by atoms with Crippen molar-refractivity contribution in [3.8, 4) is 0 Å². The van der Waals surface area contributed by atoms with Crippen molar-refractivity contribution in [3.05, 3.63) is 16.0 Å². The number of thiophene rings is 1. The molecule has 1 atom stereocenters. The molecule has 1 aromatic heterocycles. The minimum atomic E-state index is -1.07. The number of aromatic carboxylic acids is 1. The van der Waals surface area contributed by atoms with Crippen LogP contribution in [0.5, 0.6) is 0 Å². The summed E-state index contributed by atoms with van der Waals surface area (Å²) in [4.78, 5) is 23.9. The van der Waals surface area contributed by atoms with Crippen LogP contribution in [0, 0.1) is 19.8 Å². The molecule has 2 amide bonds. The number of carbonyl (C=O) groups is 2. The molecule has 1 rings (SSSR count). The first-order chi connectivity index (χ1) is 9.27. The van der Waals surface area contributed by atoms with E-state index in [1.54, 1.807) is 13.8 Å². The fourth-order valence-corrected chi connectivity index (χ4v) is 2.75. The summed E-state index contributed by atoms with van der Waals surface area (Å²) in [6.07, 6.45) is 0. The summed E-state index contributed by atoms with van der Waals surface area (Å²) >= 11 is 1.23. The first-order valence-corrected chi connectivity index (χ1v) is 7.11. The number of anilines is 1. The fraction of sp³-hybridized carbons (Fsp3) is 0.538. The van der Waals surface area contributed by atoms with Gasteiger partial charge >= 0.3 is 12.0 Å². The zero-order valence-electron chi connectivity index (χ0n) is 12.0. The van der Waals surface area contributed by atoms with Gasteiger partial charge < -0.3 is 15.5 Å². The summed E-state index contributed by atoms with van der Waals surface area (Å²) < 4.78 is 0. The predicted molar refractivity (Wildman–Crippen MR) is 78.6 cm³/mol. The van der Waals surface area contributed by atoms with Crippen molar-refractivity contribution in [3.63, 3.8) is 0 Å². The van der Waals surface area contributed by atoms with E-state index in [9.17, 15) is 14.7 Å². The molecule has 0 saturated heterocycles. The van der Waals surface area contributed by atoms with Gasteiger partial charge in [-0.2, -0.15) is 0 Å². The molecule has 0 radical (unpaired) electrons. The number of rotatable bonds is 5. The first kappa shape index (κ1) is 16.5. The van der Waals surface area contributed by atoms with Crippen molar-refractivity contribution in [2.24, 2.45) is 5.92 Å². The van der Waals surface area contributed by atoms with Gasteiger partial charge in [-0.05, 0) is 25.3 Å². The second kappa shape index (κ2) is 6.71. The second-order valence-electron chi connectivity index (χ2n) is 4.92. The van der Waals surface area contributed by atoms with Crippen molar-refractivity contribution in [1.82, 2.24) is 5.32 Å². The van der Waals surface area contributed by atoms with Gasteiger partial charge in [-0.25, -0.2) is 9.59 Å². The maximum absolute atomic E-state index is 11.9. The predicted octanol–water partition coefficient (Wildman–Crippen LogP) is 2.20. The van der Waals surface area contributed by atoms with Crippen LogP contribution in [-0.4, -0.2) is 34.9 Å². The molecule has 0 fully saturated rings. The summed E-state index contributed by atoms with van der Waals surface area (Å²) in [5.41, 5.74) is 0.771. The lowest BCUT2D eigenvalue weighted by atomic mass is 10.1. The number of hydrogen-bond acceptors (Lipinski definition) is 4. The van der Waals surface area contributed by atoms with Crippen LogP contribution >= 0.6 is 11.3 Å². The number of carboxylic acid groups (broad SMARTS) is 1. The highest BCUT2D eigenvalue weighted by Gasteiger charge is 2.21. The number of aliphatic hydroxyl groups excluding tert-OH is 1. The third kappa shape index (κ3) is 3.71. The number of hydrogen-bond donors (Lipinski definition) is 4. The molecule has 4 N–H and O–H groups in total. The van der Waals surface area contributed by atoms with Gasteiger partial charge in [-0.1, -0.05) is 13.8 Å². The molecule has 0 aliphatic carbocycles. The maximum Gasteiger partial charge on any atom is 0.338 e. The second-order valence-corrected chi connectivity index (χ2v) is 6.15. The first-order valence-electron chi connectivity index (χ1n) is 6.29. The maximum atomic E-state index is 11.9. The van der Waals surface area contributed by atoms with Crippen LogP contribution in [-0.2, 0) is 0 Å². The zero-order valence-corrected chi connectivity index (χ0v) is 12.8. The highest BCUT2D eigenvalue weighted by atomic mass is 32.1. The molecule has 6 nitrogen and oxygen atoms in total. The number of carbonyl (C=O) groups excluding carboxylic acids is 1. The molecule has 1 heterocycles. The van der Waals surface area contributed by atoms with E-state index < -0.39 is 12.0 Å². The van der Waals surface area contributed by atoms with E-state index in [-0.39, 0.29) is 24.1 Å². The van der Waals surface area contributed by atoms with E-state index in [0.717, 1.165) is 4.88 Å². The van der Waals surface area contributed by atoms with Crippen LogP contribution in [0.15, 0.2) is 0 Å². The number of nitrogens with one attached hydrogen (secondary N) is 2. The van der Waals surface area contributed by atoms with Crippen LogP contribution in [0.2, 0.25) is 0 Å². The molecule has 20 heavy (non-hydrogen) atoms. The van der Waals surface area contributed by atoms with E-state index >= 15 is 0 Å². The Morgan fingerprint density at radius 2 is 1.90 bits per heavy atom. The Labute approximate surface area is 121 Å². The van der Waals surface area contributed by atoms with E-state index in [4.69, 9.17) is 5.11 Å². The van der Waals surface area contributed by atoms with Gasteiger partial charge in [0.25, 0.3) is 0 Å². The molecule has 0 saturated carbocycles. The van der Waals surface area contributed by atoms with Gasteiger partial charge in [0, 0.05) is 4.88 Å². The number of aryl methyl sites for hydroxylation is 1. The quantitative estimate of drug-likeness (QED) is 0.670. The largest absolute Gasteiger partial charge is 0.478 e. The number of amides is 2. The SMILES string of the molecule is Cc1sc(NC(=O)NC(CO)C(C)C)c(C(=O)O)c1C. The fourth-order valence-electron chi connectivity index (χ4n) is 1.70. The van der Waals surface area contributed by atoms with Crippen molar-refractivity contribution in [1.29, 1.82) is 0 Å². The molecule has 7 heteroatoms. The van der Waals surface area contributed by atoms with Crippen LogP contribution in [0.1, 0.15) is 34.6 Å². The number of carboxylic acids is 1. The van der Waals surface area contributed by atoms with Gasteiger partial charge in [-0.3, -0.25) is 5.32 Å². The minimum Gasteiger partial charge on any atom is -0.478 e. The monoisotopic (exact) mass is 300 g/mol. The molecule has 112 valence electrons. The summed E-state index contributed by atoms with van der Waals surface area (Å²) in [5.74, 6) is -0.985. The lowest BCUT2D eigenvalue weighted by molar-refractivity contribution is 0.0697. The Balaban J connectivity index is 2.86. The summed E-state index contributed by atoms with van der Waals surface area (Å²) in [5, 5.41) is 23.8. The van der Waals surface area contributed by atoms with Gasteiger partial charge in [0.15, 0.2) is 0 Å². The topological polar surface area (TPSA) is 98.7 Å². The van der Waals surface area contributed by atoms with Crippen LogP contribution < -0.4 is 10.6 Å². The standard InChI is InChI=1S/C13H20N2O4S/c1-6(2)9(5-16)14-13(19)15-11-10(12(17)18)7(3)8(4)20-11/h6,9,16H,5H2,1-4H3,(H,17,18)(H2,14,15,19). The normalized spacial score (nSPS) is 12.3. The van der Waals surface area contributed by atoms with E-state index in [0.29, 0.717) is 10.6 Å². The Bertz CT molecular complexity index is 511. The highest BCUT2D eigenvalue weighted by Crippen LogP contribution is 2.32. The Hall–Kier alpha value is -1.60. The van der Waals surface area contributed by atoms with E-state index in [1.807, 2.05) is 13.8 Å². The van der Waals surface area contributed by atoms with Crippen molar-refractivity contribution < 1.29 is 19.8 Å². The molecule has 0 spiro atoms. The third-order valence-corrected chi connectivity index (χ3v) is 4.27. The number of urea groups is 1. The minimum absolute atomic E-state index is 0.0801. The van der Waals surface area contributed by atoms with Gasteiger partial charge in [0.05, 0.1) is 18.2 Å². The molecule has 1 aromatic rings. The van der Waals surface area contributed by atoms with Crippen molar-refractivity contribution in [2.75, 3.05) is 11.9 Å². The summed E-state index contributed by atoms with van der Waals surface area (Å²) in [6.45, 7) is 7.11. The van der Waals surface area contributed by atoms with E-state index in [1.165, 1.54) is 11.3 Å². The Morgan fingerprint density at radius 3 is 2.35 bits per heavy atom. The van der Waals surface area contributed by atoms with Crippen LogP contribution in [0.3, 0.4) is 0 Å². The molecule has 0 aliphatic rings. The van der Waals surface area contributed by atoms with Gasteiger partial charge in [0.2, 0.25) is 0 Å². The molecule has 0 aromatic carbocycles. The molecular weight excluding hydrogens is 280 g/mol. The zero-order chi connectivity index (χ0) is 15.4. The highest BCUT2D eigenvalue weighted by molar-refractivity contribution is 7.16. The van der Waals surface area contributed by atoms with E-state index in [2.05, 4.69) is 10.6 Å². The summed E-state index contributed by atoms with van der Waals surface area (Å²) in [6, 6.07) is -0.882. The Kier molecular flexibility index (Phi) is 5.52. The Morgan fingerprint density at radius 1 is 1.30 bits per heavy atom. The smallest absolute Gasteiger partial charge is 0.338 e.